The molecule has 1 atom stereocenters. The molecule has 2 rings (SSSR count). The first kappa shape index (κ1) is 14.5. The van der Waals surface area contributed by atoms with E-state index >= 15 is 0 Å². The maximum absolute atomic E-state index is 12.4. The Kier molecular flexibility index (Phi) is 3.99. The lowest BCUT2D eigenvalue weighted by atomic mass is 10.0. The van der Waals surface area contributed by atoms with Gasteiger partial charge in [0, 0.05) is 12.1 Å². The molecule has 1 saturated heterocycles. The summed E-state index contributed by atoms with van der Waals surface area (Å²) in [6, 6.07) is 5.50. The zero-order valence-corrected chi connectivity index (χ0v) is 12.6. The van der Waals surface area contributed by atoms with Crippen molar-refractivity contribution in [3.8, 4) is 0 Å². The lowest BCUT2D eigenvalue weighted by molar-refractivity contribution is 0.409. The average molecular weight is 282 g/mol. The van der Waals surface area contributed by atoms with Crippen LogP contribution in [0.1, 0.15) is 30.9 Å². The molecule has 5 heteroatoms. The molecule has 0 spiro atoms. The second-order valence-corrected chi connectivity index (χ2v) is 7.42. The van der Waals surface area contributed by atoms with Gasteiger partial charge in [-0.05, 0) is 57.4 Å². The molecule has 4 nitrogen and oxygen atoms in total. The monoisotopic (exact) mass is 282 g/mol. The highest BCUT2D eigenvalue weighted by molar-refractivity contribution is 7.89. The average Bonchev–Trinajstić information content (AvgIpc) is 2.78. The van der Waals surface area contributed by atoms with Crippen LogP contribution in [-0.2, 0) is 10.0 Å². The molecule has 0 amide bonds. The van der Waals surface area contributed by atoms with Crippen LogP contribution in [0.25, 0.3) is 0 Å². The van der Waals surface area contributed by atoms with E-state index in [-0.39, 0.29) is 5.54 Å². The Bertz CT molecular complexity index is 561. The summed E-state index contributed by atoms with van der Waals surface area (Å²) >= 11 is 0. The van der Waals surface area contributed by atoms with Crippen LogP contribution in [0.3, 0.4) is 0 Å². The van der Waals surface area contributed by atoms with Gasteiger partial charge in [-0.25, -0.2) is 13.1 Å². The zero-order valence-electron chi connectivity index (χ0n) is 11.8. The highest BCUT2D eigenvalue weighted by Crippen LogP contribution is 2.20. The fraction of sp³-hybridized carbons (Fsp3) is 0.571. The van der Waals surface area contributed by atoms with Gasteiger partial charge in [0.25, 0.3) is 0 Å². The van der Waals surface area contributed by atoms with Crippen LogP contribution in [0.15, 0.2) is 23.1 Å². The van der Waals surface area contributed by atoms with Crippen molar-refractivity contribution in [3.05, 3.63) is 29.3 Å². The summed E-state index contributed by atoms with van der Waals surface area (Å²) in [6.45, 7) is 7.18. The maximum Gasteiger partial charge on any atom is 0.240 e. The first-order chi connectivity index (χ1) is 8.82. The third-order valence-electron chi connectivity index (χ3n) is 3.74. The van der Waals surface area contributed by atoms with E-state index in [0.29, 0.717) is 11.4 Å². The highest BCUT2D eigenvalue weighted by Gasteiger charge is 2.30. The molecule has 2 N–H and O–H groups in total. The summed E-state index contributed by atoms with van der Waals surface area (Å²) in [5.74, 6) is 0. The topological polar surface area (TPSA) is 58.2 Å². The fourth-order valence-electron chi connectivity index (χ4n) is 2.44. The molecule has 1 unspecified atom stereocenters. The molecule has 1 aromatic rings. The minimum Gasteiger partial charge on any atom is -0.310 e. The standard InChI is InChI=1S/C14H22N2O2S/c1-11-5-6-12(2)13(9-11)19(17,18)16-10-14(3)7-4-8-15-14/h5-6,9,15-16H,4,7-8,10H2,1-3H3. The van der Waals surface area contributed by atoms with Gasteiger partial charge in [0.15, 0.2) is 0 Å². The molecular formula is C14H22N2O2S. The van der Waals surface area contributed by atoms with Crippen molar-refractivity contribution in [3.63, 3.8) is 0 Å². The summed E-state index contributed by atoms with van der Waals surface area (Å²) in [6.07, 6.45) is 2.10. The summed E-state index contributed by atoms with van der Waals surface area (Å²) in [5, 5.41) is 3.36. The predicted octanol–water partition coefficient (Wildman–Crippen LogP) is 1.72. The predicted molar refractivity (Wildman–Crippen MR) is 76.7 cm³/mol. The van der Waals surface area contributed by atoms with Gasteiger partial charge >= 0.3 is 0 Å². The van der Waals surface area contributed by atoms with Gasteiger partial charge in [-0.3, -0.25) is 0 Å². The van der Waals surface area contributed by atoms with E-state index < -0.39 is 10.0 Å². The van der Waals surface area contributed by atoms with Crippen molar-refractivity contribution < 1.29 is 8.42 Å². The summed E-state index contributed by atoms with van der Waals surface area (Å²) in [7, 11) is -3.43. The van der Waals surface area contributed by atoms with E-state index in [1.807, 2.05) is 26.0 Å². The van der Waals surface area contributed by atoms with Gasteiger partial charge in [0.1, 0.15) is 0 Å². The molecule has 0 bridgehead atoms. The molecule has 1 heterocycles. The maximum atomic E-state index is 12.4. The Morgan fingerprint density at radius 3 is 2.74 bits per heavy atom. The number of aryl methyl sites for hydroxylation is 2. The quantitative estimate of drug-likeness (QED) is 0.884. The van der Waals surface area contributed by atoms with Crippen LogP contribution in [0.2, 0.25) is 0 Å². The fourth-order valence-corrected chi connectivity index (χ4v) is 3.93. The van der Waals surface area contributed by atoms with Crippen molar-refractivity contribution in [2.24, 2.45) is 0 Å². The van der Waals surface area contributed by atoms with Crippen LogP contribution in [0.4, 0.5) is 0 Å². The van der Waals surface area contributed by atoms with E-state index in [2.05, 4.69) is 17.0 Å². The van der Waals surface area contributed by atoms with E-state index in [1.165, 1.54) is 0 Å². The van der Waals surface area contributed by atoms with E-state index in [0.717, 1.165) is 30.5 Å². The smallest absolute Gasteiger partial charge is 0.240 e. The minimum absolute atomic E-state index is 0.120. The summed E-state index contributed by atoms with van der Waals surface area (Å²) in [4.78, 5) is 0.383. The number of hydrogen-bond donors (Lipinski definition) is 2. The summed E-state index contributed by atoms with van der Waals surface area (Å²) in [5.41, 5.74) is 1.61. The van der Waals surface area contributed by atoms with Crippen LogP contribution in [0.5, 0.6) is 0 Å². The van der Waals surface area contributed by atoms with Crippen LogP contribution in [-0.4, -0.2) is 27.0 Å². The van der Waals surface area contributed by atoms with Gasteiger partial charge in [-0.2, -0.15) is 0 Å². The number of nitrogens with one attached hydrogen (secondary N) is 2. The molecule has 106 valence electrons. The third kappa shape index (κ3) is 3.35. The molecule has 0 aromatic heterocycles. The zero-order chi connectivity index (χ0) is 14.1. The second-order valence-electron chi connectivity index (χ2n) is 5.68. The lowest BCUT2D eigenvalue weighted by Gasteiger charge is -2.24. The first-order valence-electron chi connectivity index (χ1n) is 6.64. The Hall–Kier alpha value is -0.910. The minimum atomic E-state index is -3.43. The van der Waals surface area contributed by atoms with Crippen molar-refractivity contribution in [1.29, 1.82) is 0 Å². The first-order valence-corrected chi connectivity index (χ1v) is 8.13. The number of benzene rings is 1. The van der Waals surface area contributed by atoms with Gasteiger partial charge in [-0.1, -0.05) is 12.1 Å². The van der Waals surface area contributed by atoms with E-state index in [9.17, 15) is 8.42 Å². The molecule has 1 aliphatic heterocycles. The van der Waals surface area contributed by atoms with Crippen molar-refractivity contribution in [2.75, 3.05) is 13.1 Å². The molecular weight excluding hydrogens is 260 g/mol. The molecule has 19 heavy (non-hydrogen) atoms. The Morgan fingerprint density at radius 2 is 2.11 bits per heavy atom. The number of sulfonamides is 1. The molecule has 1 aromatic carbocycles. The van der Waals surface area contributed by atoms with Crippen LogP contribution < -0.4 is 10.0 Å². The van der Waals surface area contributed by atoms with Gasteiger partial charge in [0.05, 0.1) is 4.90 Å². The molecule has 0 radical (unpaired) electrons. The van der Waals surface area contributed by atoms with Gasteiger partial charge in [-0.15, -0.1) is 0 Å². The van der Waals surface area contributed by atoms with E-state index in [4.69, 9.17) is 0 Å². The number of hydrogen-bond acceptors (Lipinski definition) is 3. The van der Waals surface area contributed by atoms with Gasteiger partial charge < -0.3 is 5.32 Å². The Labute approximate surface area is 115 Å². The van der Waals surface area contributed by atoms with E-state index in [1.54, 1.807) is 6.07 Å². The largest absolute Gasteiger partial charge is 0.310 e. The summed E-state index contributed by atoms with van der Waals surface area (Å²) < 4.78 is 27.5. The molecule has 1 aliphatic rings. The SMILES string of the molecule is Cc1ccc(C)c(S(=O)(=O)NCC2(C)CCCN2)c1. The second kappa shape index (κ2) is 5.23. The molecule has 0 aliphatic carbocycles. The van der Waals surface area contributed by atoms with Crippen molar-refractivity contribution >= 4 is 10.0 Å². The third-order valence-corrected chi connectivity index (χ3v) is 5.29. The van der Waals surface area contributed by atoms with Crippen molar-refractivity contribution in [2.45, 2.75) is 44.0 Å². The normalized spacial score (nSPS) is 23.7. The Morgan fingerprint density at radius 1 is 1.37 bits per heavy atom. The molecule has 1 fully saturated rings. The van der Waals surface area contributed by atoms with Crippen molar-refractivity contribution in [1.82, 2.24) is 10.0 Å². The highest BCUT2D eigenvalue weighted by atomic mass is 32.2. The Balaban J connectivity index is 2.16. The van der Waals surface area contributed by atoms with Crippen LogP contribution >= 0.6 is 0 Å². The lowest BCUT2D eigenvalue weighted by Crippen LogP contribution is -2.47. The van der Waals surface area contributed by atoms with Gasteiger partial charge in [0.2, 0.25) is 10.0 Å². The number of rotatable bonds is 4. The van der Waals surface area contributed by atoms with Crippen LogP contribution in [0, 0.1) is 13.8 Å². The molecule has 0 saturated carbocycles.